The van der Waals surface area contributed by atoms with Crippen molar-refractivity contribution in [3.63, 3.8) is 0 Å². The third-order valence-electron chi connectivity index (χ3n) is 3.81. The molecule has 124 valence electrons. The highest BCUT2D eigenvalue weighted by Crippen LogP contribution is 2.30. The molecule has 0 spiro atoms. The van der Waals surface area contributed by atoms with Gasteiger partial charge in [0.1, 0.15) is 0 Å². The summed E-state index contributed by atoms with van der Waals surface area (Å²) in [5.74, 6) is 1.56. The Kier molecular flexibility index (Phi) is 7.78. The van der Waals surface area contributed by atoms with Gasteiger partial charge in [-0.05, 0) is 43.0 Å². The van der Waals surface area contributed by atoms with Crippen LogP contribution in [-0.2, 0) is 11.2 Å². The van der Waals surface area contributed by atoms with Crippen LogP contribution >= 0.6 is 0 Å². The van der Waals surface area contributed by atoms with Crippen LogP contribution in [0, 0.1) is 6.92 Å². The van der Waals surface area contributed by atoms with E-state index >= 15 is 0 Å². The van der Waals surface area contributed by atoms with Crippen LogP contribution in [0.5, 0.6) is 11.5 Å². The van der Waals surface area contributed by atoms with Crippen LogP contribution in [0.15, 0.2) is 12.1 Å². The van der Waals surface area contributed by atoms with Crippen LogP contribution in [0.1, 0.15) is 44.2 Å². The minimum atomic E-state index is 0.186. The van der Waals surface area contributed by atoms with Crippen LogP contribution in [0.4, 0.5) is 0 Å². The molecule has 0 aliphatic heterocycles. The lowest BCUT2D eigenvalue weighted by Gasteiger charge is -2.22. The molecule has 1 amide bonds. The van der Waals surface area contributed by atoms with Gasteiger partial charge < -0.3 is 14.4 Å². The van der Waals surface area contributed by atoms with Gasteiger partial charge in [0, 0.05) is 13.1 Å². The van der Waals surface area contributed by atoms with Gasteiger partial charge in [-0.15, -0.1) is 0 Å². The zero-order valence-electron chi connectivity index (χ0n) is 14.6. The summed E-state index contributed by atoms with van der Waals surface area (Å²) in [5, 5.41) is 0. The summed E-state index contributed by atoms with van der Waals surface area (Å²) >= 11 is 0. The second-order valence-corrected chi connectivity index (χ2v) is 5.54. The molecular weight excluding hydrogens is 278 g/mol. The van der Waals surface area contributed by atoms with Crippen molar-refractivity contribution >= 4 is 5.91 Å². The van der Waals surface area contributed by atoms with Gasteiger partial charge >= 0.3 is 0 Å². The fourth-order valence-electron chi connectivity index (χ4n) is 2.47. The fourth-order valence-corrected chi connectivity index (χ4v) is 2.47. The molecule has 0 heterocycles. The molecule has 0 aromatic heterocycles. The Morgan fingerprint density at radius 2 is 1.68 bits per heavy atom. The van der Waals surface area contributed by atoms with Crippen LogP contribution in [0.2, 0.25) is 0 Å². The highest BCUT2D eigenvalue weighted by molar-refractivity contribution is 5.79. The summed E-state index contributed by atoms with van der Waals surface area (Å²) in [6, 6.07) is 3.84. The Labute approximate surface area is 134 Å². The van der Waals surface area contributed by atoms with Crippen molar-refractivity contribution in [2.24, 2.45) is 0 Å². The van der Waals surface area contributed by atoms with Crippen LogP contribution in [0.25, 0.3) is 0 Å². The number of benzene rings is 1. The number of aryl methyl sites for hydroxylation is 1. The molecule has 0 aliphatic rings. The fraction of sp³-hybridized carbons (Fsp3) is 0.611. The van der Waals surface area contributed by atoms with E-state index in [0.29, 0.717) is 17.9 Å². The number of hydrogen-bond acceptors (Lipinski definition) is 3. The molecule has 0 radical (unpaired) electrons. The SMILES string of the molecule is CCCCN(CCC)C(=O)Cc1cc(OC)c(OC)cc1C. The lowest BCUT2D eigenvalue weighted by atomic mass is 10.0. The van der Waals surface area contributed by atoms with Crippen molar-refractivity contribution < 1.29 is 14.3 Å². The number of unbranched alkanes of at least 4 members (excludes halogenated alkanes) is 1. The second kappa shape index (κ2) is 9.34. The minimum Gasteiger partial charge on any atom is -0.493 e. The summed E-state index contributed by atoms with van der Waals surface area (Å²) < 4.78 is 10.6. The number of amides is 1. The maximum Gasteiger partial charge on any atom is 0.227 e. The summed E-state index contributed by atoms with van der Waals surface area (Å²) in [6.45, 7) is 7.92. The number of hydrogen-bond donors (Lipinski definition) is 0. The third kappa shape index (κ3) is 4.93. The van der Waals surface area contributed by atoms with E-state index in [1.807, 2.05) is 24.0 Å². The van der Waals surface area contributed by atoms with Crippen molar-refractivity contribution in [2.75, 3.05) is 27.3 Å². The topological polar surface area (TPSA) is 38.8 Å². The van der Waals surface area contributed by atoms with E-state index in [4.69, 9.17) is 9.47 Å². The summed E-state index contributed by atoms with van der Waals surface area (Å²) in [4.78, 5) is 14.5. The van der Waals surface area contributed by atoms with Gasteiger partial charge in [0.2, 0.25) is 5.91 Å². The van der Waals surface area contributed by atoms with Gasteiger partial charge in [-0.25, -0.2) is 0 Å². The molecule has 1 rings (SSSR count). The van der Waals surface area contributed by atoms with Crippen molar-refractivity contribution in [3.05, 3.63) is 23.3 Å². The normalized spacial score (nSPS) is 10.4. The molecule has 0 saturated heterocycles. The van der Waals surface area contributed by atoms with Crippen molar-refractivity contribution in [1.82, 2.24) is 4.90 Å². The smallest absolute Gasteiger partial charge is 0.227 e. The van der Waals surface area contributed by atoms with Gasteiger partial charge in [0.05, 0.1) is 20.6 Å². The van der Waals surface area contributed by atoms with E-state index in [2.05, 4.69) is 13.8 Å². The van der Waals surface area contributed by atoms with Gasteiger partial charge in [-0.1, -0.05) is 20.3 Å². The van der Waals surface area contributed by atoms with Gasteiger partial charge in [-0.2, -0.15) is 0 Å². The minimum absolute atomic E-state index is 0.186. The van der Waals surface area contributed by atoms with Crippen LogP contribution in [0.3, 0.4) is 0 Å². The molecule has 1 aromatic rings. The first-order valence-corrected chi connectivity index (χ1v) is 8.06. The van der Waals surface area contributed by atoms with Gasteiger partial charge in [-0.3, -0.25) is 4.79 Å². The van der Waals surface area contributed by atoms with Crippen molar-refractivity contribution in [3.8, 4) is 11.5 Å². The third-order valence-corrected chi connectivity index (χ3v) is 3.81. The van der Waals surface area contributed by atoms with Gasteiger partial charge in [0.25, 0.3) is 0 Å². The highest BCUT2D eigenvalue weighted by atomic mass is 16.5. The Morgan fingerprint density at radius 1 is 1.05 bits per heavy atom. The highest BCUT2D eigenvalue weighted by Gasteiger charge is 2.16. The molecule has 0 aliphatic carbocycles. The number of nitrogens with zero attached hydrogens (tertiary/aromatic N) is 1. The number of carbonyl (C=O) groups is 1. The average Bonchev–Trinajstić information content (AvgIpc) is 2.52. The lowest BCUT2D eigenvalue weighted by molar-refractivity contribution is -0.130. The largest absolute Gasteiger partial charge is 0.493 e. The molecule has 0 N–H and O–H groups in total. The first-order chi connectivity index (χ1) is 10.6. The molecule has 0 bridgehead atoms. The predicted octanol–water partition coefficient (Wildman–Crippen LogP) is 3.59. The molecule has 4 nitrogen and oxygen atoms in total. The number of methoxy groups -OCH3 is 2. The molecular formula is C18H29NO3. The maximum absolute atomic E-state index is 12.6. The summed E-state index contributed by atoms with van der Waals surface area (Å²) in [6.07, 6.45) is 3.55. The maximum atomic E-state index is 12.6. The Hall–Kier alpha value is -1.71. The summed E-state index contributed by atoms with van der Waals surface area (Å²) in [5.41, 5.74) is 2.05. The Morgan fingerprint density at radius 3 is 2.23 bits per heavy atom. The predicted molar refractivity (Wildman–Crippen MR) is 89.8 cm³/mol. The molecule has 22 heavy (non-hydrogen) atoms. The van der Waals surface area contributed by atoms with E-state index in [-0.39, 0.29) is 5.91 Å². The number of ether oxygens (including phenoxy) is 2. The molecule has 0 fully saturated rings. The number of carbonyl (C=O) groups excluding carboxylic acids is 1. The first kappa shape index (κ1) is 18.3. The van der Waals surface area contributed by atoms with Crippen LogP contribution < -0.4 is 9.47 Å². The zero-order valence-corrected chi connectivity index (χ0v) is 14.6. The zero-order chi connectivity index (χ0) is 16.5. The first-order valence-electron chi connectivity index (χ1n) is 8.06. The molecule has 1 aromatic carbocycles. The monoisotopic (exact) mass is 307 g/mol. The Balaban J connectivity index is 2.89. The molecule has 0 atom stereocenters. The summed E-state index contributed by atoms with van der Waals surface area (Å²) in [7, 11) is 3.24. The quantitative estimate of drug-likeness (QED) is 0.700. The lowest BCUT2D eigenvalue weighted by Crippen LogP contribution is -2.34. The van der Waals surface area contributed by atoms with E-state index in [0.717, 1.165) is 43.5 Å². The van der Waals surface area contributed by atoms with E-state index in [1.165, 1.54) is 0 Å². The van der Waals surface area contributed by atoms with Crippen molar-refractivity contribution in [2.45, 2.75) is 46.5 Å². The van der Waals surface area contributed by atoms with E-state index in [9.17, 15) is 4.79 Å². The standard InChI is InChI=1S/C18H29NO3/c1-6-8-10-19(9-7-2)18(20)13-15-12-17(22-5)16(21-4)11-14(15)3/h11-12H,6-10,13H2,1-5H3. The molecule has 0 saturated carbocycles. The van der Waals surface area contributed by atoms with Crippen LogP contribution in [-0.4, -0.2) is 38.1 Å². The number of rotatable bonds is 9. The van der Waals surface area contributed by atoms with Gasteiger partial charge in [0.15, 0.2) is 11.5 Å². The van der Waals surface area contributed by atoms with Crippen molar-refractivity contribution in [1.29, 1.82) is 0 Å². The average molecular weight is 307 g/mol. The molecule has 4 heteroatoms. The second-order valence-electron chi connectivity index (χ2n) is 5.54. The Bertz CT molecular complexity index is 485. The van der Waals surface area contributed by atoms with E-state index in [1.54, 1.807) is 14.2 Å². The molecule has 0 unspecified atom stereocenters. The van der Waals surface area contributed by atoms with E-state index < -0.39 is 0 Å².